The number of carbonyl (C=O) groups is 1. The SMILES string of the molecule is COC(=O)CCC1=C(C)c2cc3cc(C)c(cc4cc(C)c(cc5nc(cc1n2)C(CCC#N)C5(C)C)[nH]4)[nH]3. The molecule has 0 amide bonds. The van der Waals surface area contributed by atoms with Crippen LogP contribution in [0.3, 0.4) is 0 Å². The maximum atomic E-state index is 12.0. The average molecular weight is 522 g/mol. The van der Waals surface area contributed by atoms with E-state index in [2.05, 4.69) is 87.1 Å². The van der Waals surface area contributed by atoms with Gasteiger partial charge in [0.25, 0.3) is 0 Å². The number of fused-ring (bicyclic) bond motifs is 8. The van der Waals surface area contributed by atoms with E-state index in [4.69, 9.17) is 14.7 Å². The molecule has 200 valence electrons. The number of rotatable bonds is 5. The van der Waals surface area contributed by atoms with Crippen molar-refractivity contribution in [2.24, 2.45) is 0 Å². The lowest BCUT2D eigenvalue weighted by atomic mass is 9.74. The van der Waals surface area contributed by atoms with E-state index in [1.54, 1.807) is 0 Å². The number of esters is 1. The van der Waals surface area contributed by atoms with Crippen LogP contribution in [-0.4, -0.2) is 33.0 Å². The highest BCUT2D eigenvalue weighted by Gasteiger charge is 2.39. The Morgan fingerprint density at radius 2 is 1.64 bits per heavy atom. The summed E-state index contributed by atoms with van der Waals surface area (Å²) >= 11 is 0. The molecule has 8 bridgehead atoms. The van der Waals surface area contributed by atoms with Crippen LogP contribution >= 0.6 is 0 Å². The molecular weight excluding hydrogens is 486 g/mol. The summed E-state index contributed by atoms with van der Waals surface area (Å²) in [6.45, 7) is 10.7. The summed E-state index contributed by atoms with van der Waals surface area (Å²) in [5.74, 6) is -0.186. The molecule has 2 N–H and O–H groups in total. The maximum Gasteiger partial charge on any atom is 0.305 e. The molecule has 0 saturated carbocycles. The smallest absolute Gasteiger partial charge is 0.305 e. The quantitative estimate of drug-likeness (QED) is 0.346. The molecule has 7 heteroatoms. The predicted octanol–water partition coefficient (Wildman–Crippen LogP) is 7.18. The van der Waals surface area contributed by atoms with Crippen molar-refractivity contribution in [1.82, 2.24) is 19.9 Å². The third-order valence-electron chi connectivity index (χ3n) is 8.19. The molecular formula is C32H35N5O2. The van der Waals surface area contributed by atoms with Gasteiger partial charge in [0.1, 0.15) is 0 Å². The number of hydrogen-bond acceptors (Lipinski definition) is 5. The first-order valence-corrected chi connectivity index (χ1v) is 13.4. The van der Waals surface area contributed by atoms with Crippen LogP contribution in [0.5, 0.6) is 0 Å². The van der Waals surface area contributed by atoms with Crippen molar-refractivity contribution in [3.05, 3.63) is 70.3 Å². The highest BCUT2D eigenvalue weighted by Crippen LogP contribution is 2.45. The van der Waals surface area contributed by atoms with Crippen LogP contribution in [0, 0.1) is 25.2 Å². The van der Waals surface area contributed by atoms with E-state index in [9.17, 15) is 10.1 Å². The van der Waals surface area contributed by atoms with Gasteiger partial charge in [0.2, 0.25) is 0 Å². The second-order valence-corrected chi connectivity index (χ2v) is 11.2. The molecule has 39 heavy (non-hydrogen) atoms. The Hall–Kier alpha value is -4.18. The van der Waals surface area contributed by atoms with Gasteiger partial charge < -0.3 is 14.7 Å². The molecule has 0 radical (unpaired) electrons. The normalized spacial score (nSPS) is 16.3. The fraction of sp³-hybridized carbons (Fsp3) is 0.375. The van der Waals surface area contributed by atoms with Crippen LogP contribution in [0.25, 0.3) is 33.2 Å². The molecule has 5 heterocycles. The molecule has 0 spiro atoms. The predicted molar refractivity (Wildman–Crippen MR) is 155 cm³/mol. The molecule has 0 fully saturated rings. The summed E-state index contributed by atoms with van der Waals surface area (Å²) in [6.07, 6.45) is 1.96. The van der Waals surface area contributed by atoms with E-state index in [-0.39, 0.29) is 23.7 Å². The van der Waals surface area contributed by atoms with Crippen LogP contribution < -0.4 is 0 Å². The second kappa shape index (κ2) is 10.2. The molecule has 7 nitrogen and oxygen atoms in total. The monoisotopic (exact) mass is 521 g/mol. The number of aromatic amines is 2. The highest BCUT2D eigenvalue weighted by atomic mass is 16.5. The molecule has 0 saturated heterocycles. The molecule has 2 aliphatic rings. The lowest BCUT2D eigenvalue weighted by molar-refractivity contribution is -0.140. The summed E-state index contributed by atoms with van der Waals surface area (Å²) in [5, 5.41) is 9.41. The van der Waals surface area contributed by atoms with Gasteiger partial charge in [0.15, 0.2) is 0 Å². The van der Waals surface area contributed by atoms with E-state index in [1.165, 1.54) is 7.11 Å². The molecule has 1 unspecified atom stereocenters. The summed E-state index contributed by atoms with van der Waals surface area (Å²) in [6, 6.07) is 15.0. The Bertz CT molecular complexity index is 1700. The number of allylic oxidation sites excluding steroid dienone is 2. The lowest BCUT2D eigenvalue weighted by Crippen LogP contribution is -2.22. The third kappa shape index (κ3) is 4.99. The van der Waals surface area contributed by atoms with E-state index in [1.807, 2.05) is 0 Å². The van der Waals surface area contributed by atoms with Gasteiger partial charge in [0, 0.05) is 57.6 Å². The van der Waals surface area contributed by atoms with Crippen LogP contribution in [-0.2, 0) is 14.9 Å². The molecule has 5 rings (SSSR count). The van der Waals surface area contributed by atoms with Gasteiger partial charge in [-0.25, -0.2) is 4.98 Å². The van der Waals surface area contributed by atoms with E-state index in [0.717, 1.165) is 67.1 Å². The summed E-state index contributed by atoms with van der Waals surface area (Å²) < 4.78 is 4.92. The number of methoxy groups -OCH3 is 1. The molecule has 0 aliphatic carbocycles. The minimum Gasteiger partial charge on any atom is -0.469 e. The van der Waals surface area contributed by atoms with Gasteiger partial charge in [-0.3, -0.25) is 9.78 Å². The minimum absolute atomic E-state index is 0.0615. The Kier molecular flexibility index (Phi) is 6.90. The van der Waals surface area contributed by atoms with Gasteiger partial charge in [-0.1, -0.05) is 13.8 Å². The average Bonchev–Trinajstić information content (AvgIpc) is 3.56. The van der Waals surface area contributed by atoms with Crippen molar-refractivity contribution in [3.63, 3.8) is 0 Å². The number of H-pyrrole nitrogens is 2. The summed E-state index contributed by atoms with van der Waals surface area (Å²) in [4.78, 5) is 29.4. The van der Waals surface area contributed by atoms with Crippen LogP contribution in [0.2, 0.25) is 0 Å². The summed E-state index contributed by atoms with van der Waals surface area (Å²) in [7, 11) is 1.41. The zero-order chi connectivity index (χ0) is 27.9. The second-order valence-electron chi connectivity index (χ2n) is 11.2. The Morgan fingerprint density at radius 3 is 2.31 bits per heavy atom. The molecule has 1 atom stereocenters. The largest absolute Gasteiger partial charge is 0.469 e. The van der Waals surface area contributed by atoms with E-state index >= 15 is 0 Å². The fourth-order valence-corrected chi connectivity index (χ4v) is 5.75. The molecule has 2 aliphatic heterocycles. The zero-order valence-corrected chi connectivity index (χ0v) is 23.5. The number of aryl methyl sites for hydroxylation is 2. The molecule has 3 aromatic rings. The first kappa shape index (κ1) is 26.4. The number of ether oxygens (including phenoxy) is 1. The standard InChI is InChI=1S/C32H35N5O2/c1-18-12-22-15-27-20(3)23(9-10-31(38)39-6)28(36-27)16-29-24(8-7-11-33)32(4,5)30(37-29)17-26-19(2)13-21(35-26)14-25(18)34-22/h12-17,24,34-35H,7-10H2,1-6H3. The Morgan fingerprint density at radius 1 is 0.974 bits per heavy atom. The van der Waals surface area contributed by atoms with Gasteiger partial charge in [-0.05, 0) is 92.3 Å². The molecule has 3 aromatic heterocycles. The highest BCUT2D eigenvalue weighted by molar-refractivity contribution is 5.93. The van der Waals surface area contributed by atoms with Gasteiger partial charge in [-0.15, -0.1) is 0 Å². The lowest BCUT2D eigenvalue weighted by Gasteiger charge is -2.26. The van der Waals surface area contributed by atoms with E-state index < -0.39 is 0 Å². The van der Waals surface area contributed by atoms with Gasteiger partial charge in [0.05, 0.1) is 24.6 Å². The van der Waals surface area contributed by atoms with Crippen molar-refractivity contribution >= 4 is 39.2 Å². The van der Waals surface area contributed by atoms with Crippen LogP contribution in [0.4, 0.5) is 0 Å². The van der Waals surface area contributed by atoms with Crippen LogP contribution in [0.1, 0.15) is 86.3 Å². The van der Waals surface area contributed by atoms with E-state index in [0.29, 0.717) is 19.3 Å². The topological polar surface area (TPSA) is 107 Å². The zero-order valence-electron chi connectivity index (χ0n) is 23.5. The Balaban J connectivity index is 1.84. The number of hydrogen-bond donors (Lipinski definition) is 2. The first-order valence-electron chi connectivity index (χ1n) is 13.4. The first-order chi connectivity index (χ1) is 18.6. The summed E-state index contributed by atoms with van der Waals surface area (Å²) in [5.41, 5.74) is 11.7. The van der Waals surface area contributed by atoms with Crippen molar-refractivity contribution in [2.45, 2.75) is 71.6 Å². The van der Waals surface area contributed by atoms with Gasteiger partial charge >= 0.3 is 5.97 Å². The number of nitrogens with zero attached hydrogens (tertiary/aromatic N) is 3. The van der Waals surface area contributed by atoms with Crippen LogP contribution in [0.15, 0.2) is 36.4 Å². The number of aromatic nitrogens is 4. The number of nitriles is 1. The van der Waals surface area contributed by atoms with Crippen molar-refractivity contribution in [3.8, 4) is 6.07 Å². The van der Waals surface area contributed by atoms with Gasteiger partial charge in [-0.2, -0.15) is 5.26 Å². The third-order valence-corrected chi connectivity index (χ3v) is 8.19. The van der Waals surface area contributed by atoms with Crippen molar-refractivity contribution in [2.75, 3.05) is 7.11 Å². The van der Waals surface area contributed by atoms with Crippen molar-refractivity contribution in [1.29, 1.82) is 5.26 Å². The minimum atomic E-state index is -0.272. The maximum absolute atomic E-state index is 12.0. The fourth-order valence-electron chi connectivity index (χ4n) is 5.75. The van der Waals surface area contributed by atoms with Crippen molar-refractivity contribution < 1.29 is 9.53 Å². The number of carbonyl (C=O) groups excluding carboxylic acids is 1. The number of nitrogens with one attached hydrogen (secondary N) is 2. The Labute approximate surface area is 229 Å². The molecule has 0 aromatic carbocycles.